The van der Waals surface area contributed by atoms with Crippen LogP contribution in [0.1, 0.15) is 6.42 Å². The summed E-state index contributed by atoms with van der Waals surface area (Å²) in [6.45, 7) is 0. The monoisotopic (exact) mass is 208 g/mol. The van der Waals surface area contributed by atoms with Gasteiger partial charge in [0.1, 0.15) is 4.32 Å². The maximum atomic E-state index is 10.3. The number of carboxylic acids is 2. The second-order valence-corrected chi connectivity index (χ2v) is 3.68. The molecule has 1 fully saturated rings. The summed E-state index contributed by atoms with van der Waals surface area (Å²) < 4.78 is -1.18. The molecule has 1 aliphatic rings. The molecule has 0 saturated heterocycles. The first-order valence-corrected chi connectivity index (χ1v) is 3.43. The van der Waals surface area contributed by atoms with Gasteiger partial charge in [0.2, 0.25) is 0 Å². The zero-order valence-electron chi connectivity index (χ0n) is 4.87. The lowest BCUT2D eigenvalue weighted by molar-refractivity contribution is -0.143. The second-order valence-electron chi connectivity index (χ2n) is 2.26. The largest absolute Gasteiger partial charge is 0.481 e. The van der Waals surface area contributed by atoms with Gasteiger partial charge in [0.05, 0.1) is 5.92 Å². The topological polar surface area (TPSA) is 74.6 Å². The third-order valence-electron chi connectivity index (χ3n) is 1.55. The van der Waals surface area contributed by atoms with Gasteiger partial charge in [-0.25, -0.2) is 0 Å². The van der Waals surface area contributed by atoms with Gasteiger partial charge in [0.25, 0.3) is 0 Å². The number of hydrogen-bond donors (Lipinski definition) is 2. The number of carboxylic acid groups (broad SMARTS) is 2. The number of rotatable bonds is 2. The van der Waals surface area contributed by atoms with E-state index in [4.69, 9.17) is 10.2 Å². The van der Waals surface area contributed by atoms with E-state index >= 15 is 0 Å². The van der Waals surface area contributed by atoms with Gasteiger partial charge in [-0.3, -0.25) is 9.59 Å². The first kappa shape index (κ1) is 7.53. The molecule has 1 aliphatic carbocycles. The fourth-order valence-electron chi connectivity index (χ4n) is 0.758. The molecule has 0 aromatic carbocycles. The van der Waals surface area contributed by atoms with Crippen molar-refractivity contribution in [3.05, 3.63) is 0 Å². The van der Waals surface area contributed by atoms with Crippen LogP contribution in [0.4, 0.5) is 0 Å². The first-order valence-electron chi connectivity index (χ1n) is 2.63. The molecule has 0 amide bonds. The van der Waals surface area contributed by atoms with Gasteiger partial charge in [-0.2, -0.15) is 0 Å². The third-order valence-corrected chi connectivity index (χ3v) is 2.76. The molecule has 2 atom stereocenters. The summed E-state index contributed by atoms with van der Waals surface area (Å²) in [6.07, 6.45) is 0.178. The van der Waals surface area contributed by atoms with Crippen molar-refractivity contribution in [1.29, 1.82) is 0 Å². The van der Waals surface area contributed by atoms with E-state index in [-0.39, 0.29) is 6.42 Å². The number of carbonyl (C=O) groups is 2. The van der Waals surface area contributed by atoms with Gasteiger partial charge in [0, 0.05) is 0 Å². The van der Waals surface area contributed by atoms with Crippen LogP contribution in [0.5, 0.6) is 0 Å². The van der Waals surface area contributed by atoms with Crippen molar-refractivity contribution in [2.75, 3.05) is 0 Å². The molecular weight excluding hydrogens is 204 g/mol. The van der Waals surface area contributed by atoms with E-state index in [0.29, 0.717) is 0 Å². The van der Waals surface area contributed by atoms with E-state index in [2.05, 4.69) is 15.9 Å². The van der Waals surface area contributed by atoms with Gasteiger partial charge < -0.3 is 10.2 Å². The summed E-state index contributed by atoms with van der Waals surface area (Å²) in [4.78, 5) is 20.5. The molecule has 0 spiro atoms. The number of halogens is 1. The van der Waals surface area contributed by atoms with Crippen LogP contribution in [-0.2, 0) is 9.59 Å². The summed E-state index contributed by atoms with van der Waals surface area (Å²) in [5.74, 6) is -2.91. The Morgan fingerprint density at radius 2 is 2.00 bits per heavy atom. The van der Waals surface area contributed by atoms with Crippen LogP contribution in [0, 0.1) is 5.92 Å². The highest BCUT2D eigenvalue weighted by Crippen LogP contribution is 2.51. The summed E-state index contributed by atoms with van der Waals surface area (Å²) in [6, 6.07) is 0. The second kappa shape index (κ2) is 1.95. The van der Waals surface area contributed by atoms with Crippen LogP contribution in [-0.4, -0.2) is 26.5 Å². The predicted molar refractivity (Wildman–Crippen MR) is 35.0 cm³/mol. The lowest BCUT2D eigenvalue weighted by Crippen LogP contribution is -2.20. The van der Waals surface area contributed by atoms with Crippen molar-refractivity contribution in [2.45, 2.75) is 10.7 Å². The van der Waals surface area contributed by atoms with Crippen LogP contribution in [0.15, 0.2) is 0 Å². The van der Waals surface area contributed by atoms with Gasteiger partial charge in [-0.1, -0.05) is 15.9 Å². The smallest absolute Gasteiger partial charge is 0.321 e. The van der Waals surface area contributed by atoms with Crippen molar-refractivity contribution in [1.82, 2.24) is 0 Å². The van der Waals surface area contributed by atoms with Crippen LogP contribution >= 0.6 is 15.9 Å². The lowest BCUT2D eigenvalue weighted by Gasteiger charge is -1.97. The van der Waals surface area contributed by atoms with Gasteiger partial charge in [-0.15, -0.1) is 0 Å². The number of aliphatic carboxylic acids is 2. The SMILES string of the molecule is O=C(O)[C@H]1C[C@]1(Br)C(=O)O. The summed E-state index contributed by atoms with van der Waals surface area (Å²) in [5.41, 5.74) is 0. The molecule has 5 heteroatoms. The highest BCUT2D eigenvalue weighted by molar-refractivity contribution is 9.10. The Balaban J connectivity index is 2.65. The van der Waals surface area contributed by atoms with E-state index in [1.54, 1.807) is 0 Å². The van der Waals surface area contributed by atoms with Crippen LogP contribution in [0.25, 0.3) is 0 Å². The average Bonchev–Trinajstić information content (AvgIpc) is 2.43. The van der Waals surface area contributed by atoms with Crippen molar-refractivity contribution in [3.63, 3.8) is 0 Å². The first-order chi connectivity index (χ1) is 4.48. The molecule has 1 saturated carbocycles. The third kappa shape index (κ3) is 0.901. The highest BCUT2D eigenvalue weighted by atomic mass is 79.9. The summed E-state index contributed by atoms with van der Waals surface area (Å²) >= 11 is 2.84. The number of alkyl halides is 1. The molecule has 0 unspecified atom stereocenters. The van der Waals surface area contributed by atoms with Crippen LogP contribution in [0.3, 0.4) is 0 Å². The van der Waals surface area contributed by atoms with Crippen molar-refractivity contribution in [2.24, 2.45) is 5.92 Å². The molecular formula is C5H5BrO4. The van der Waals surface area contributed by atoms with Crippen LogP contribution in [0.2, 0.25) is 0 Å². The molecule has 0 aliphatic heterocycles. The zero-order chi connectivity index (χ0) is 7.94. The van der Waals surface area contributed by atoms with E-state index in [0.717, 1.165) is 0 Å². The van der Waals surface area contributed by atoms with Crippen molar-refractivity contribution >= 4 is 27.9 Å². The number of hydrogen-bond acceptors (Lipinski definition) is 2. The fourth-order valence-corrected chi connectivity index (χ4v) is 1.28. The molecule has 4 nitrogen and oxygen atoms in total. The maximum Gasteiger partial charge on any atom is 0.321 e. The minimum atomic E-state index is -1.18. The minimum Gasteiger partial charge on any atom is -0.481 e. The predicted octanol–water partition coefficient (Wildman–Crippen LogP) is 0.309. The average molecular weight is 209 g/mol. The molecule has 1 rings (SSSR count). The summed E-state index contributed by atoms with van der Waals surface area (Å²) in [5, 5.41) is 16.8. The maximum absolute atomic E-state index is 10.3. The highest BCUT2D eigenvalue weighted by Gasteiger charge is 2.63. The van der Waals surface area contributed by atoms with E-state index in [1.807, 2.05) is 0 Å². The summed E-state index contributed by atoms with van der Waals surface area (Å²) in [7, 11) is 0. The molecule has 0 aromatic rings. The normalized spacial score (nSPS) is 37.1. The molecule has 10 heavy (non-hydrogen) atoms. The lowest BCUT2D eigenvalue weighted by atomic mass is 10.3. The van der Waals surface area contributed by atoms with E-state index < -0.39 is 22.2 Å². The quantitative estimate of drug-likeness (QED) is 0.641. The van der Waals surface area contributed by atoms with E-state index in [1.165, 1.54) is 0 Å². The molecule has 0 aromatic heterocycles. The van der Waals surface area contributed by atoms with Gasteiger partial charge in [0.15, 0.2) is 0 Å². The van der Waals surface area contributed by atoms with Crippen molar-refractivity contribution < 1.29 is 19.8 Å². The zero-order valence-corrected chi connectivity index (χ0v) is 6.46. The standard InChI is InChI=1S/C5H5BrO4/c6-5(4(9)10)1-2(5)3(7)8/h2H,1H2,(H,7,8)(H,9,10)/t2-,5-/m1/s1. The Hall–Kier alpha value is -0.580. The minimum absolute atomic E-state index is 0.178. The molecule has 56 valence electrons. The Bertz CT molecular complexity index is 202. The molecule has 2 N–H and O–H groups in total. The van der Waals surface area contributed by atoms with Crippen LogP contribution < -0.4 is 0 Å². The Kier molecular flexibility index (Phi) is 1.47. The van der Waals surface area contributed by atoms with Gasteiger partial charge >= 0.3 is 11.9 Å². The molecule has 0 heterocycles. The Labute approximate surface area is 65.0 Å². The van der Waals surface area contributed by atoms with E-state index in [9.17, 15) is 9.59 Å². The fraction of sp³-hybridized carbons (Fsp3) is 0.600. The molecule has 0 radical (unpaired) electrons. The Morgan fingerprint density at radius 3 is 2.10 bits per heavy atom. The van der Waals surface area contributed by atoms with Gasteiger partial charge in [-0.05, 0) is 6.42 Å². The Morgan fingerprint density at radius 1 is 1.50 bits per heavy atom. The molecule has 0 bridgehead atoms. The van der Waals surface area contributed by atoms with Crippen molar-refractivity contribution in [3.8, 4) is 0 Å².